The molecule has 0 aliphatic carbocycles. The molecule has 0 amide bonds. The summed E-state index contributed by atoms with van der Waals surface area (Å²) in [5.41, 5.74) is 4.08. The van der Waals surface area contributed by atoms with E-state index in [-0.39, 0.29) is 0 Å². The van der Waals surface area contributed by atoms with Gasteiger partial charge in [0.25, 0.3) is 0 Å². The van der Waals surface area contributed by atoms with E-state index in [1.807, 2.05) is 0 Å². The molecule has 0 saturated carbocycles. The maximum Gasteiger partial charge on any atom is 0.0683 e. The first-order valence-electron chi connectivity index (χ1n) is 5.89. The maximum absolute atomic E-state index is 4.44. The minimum Gasteiger partial charge on any atom is -0.295 e. The second-order valence-electron chi connectivity index (χ2n) is 5.03. The first-order valence-corrected chi connectivity index (χ1v) is 5.89. The quantitative estimate of drug-likeness (QED) is 0.807. The van der Waals surface area contributed by atoms with Gasteiger partial charge in [-0.2, -0.15) is 5.10 Å². The summed E-state index contributed by atoms with van der Waals surface area (Å²) >= 11 is 0. The Balaban J connectivity index is 2.22. The van der Waals surface area contributed by atoms with Crippen LogP contribution < -0.4 is 0 Å². The molecule has 1 aromatic rings. The van der Waals surface area contributed by atoms with Gasteiger partial charge in [-0.1, -0.05) is 13.8 Å². The Morgan fingerprint density at radius 1 is 1.27 bits per heavy atom. The van der Waals surface area contributed by atoms with Crippen molar-refractivity contribution in [2.45, 2.75) is 52.6 Å². The topological polar surface area (TPSA) is 31.9 Å². The average molecular weight is 207 g/mol. The van der Waals surface area contributed by atoms with Gasteiger partial charge in [0.2, 0.25) is 0 Å². The van der Waals surface area contributed by atoms with Crippen LogP contribution in [0.25, 0.3) is 0 Å². The van der Waals surface area contributed by atoms with Gasteiger partial charge in [-0.05, 0) is 31.7 Å². The van der Waals surface area contributed by atoms with Gasteiger partial charge >= 0.3 is 0 Å². The molecule has 0 aromatic carbocycles. The van der Waals surface area contributed by atoms with Crippen molar-refractivity contribution >= 4 is 0 Å². The van der Waals surface area contributed by atoms with Crippen LogP contribution in [0.15, 0.2) is 0 Å². The normalized spacial score (nSPS) is 17.5. The molecule has 3 heteroatoms. The van der Waals surface area contributed by atoms with Gasteiger partial charge in [0.05, 0.1) is 11.4 Å². The van der Waals surface area contributed by atoms with Crippen LogP contribution in [0.4, 0.5) is 0 Å². The van der Waals surface area contributed by atoms with Crippen LogP contribution in [0.1, 0.15) is 50.6 Å². The second kappa shape index (κ2) is 3.97. The summed E-state index contributed by atoms with van der Waals surface area (Å²) < 4.78 is 0. The molecule has 0 unspecified atom stereocenters. The van der Waals surface area contributed by atoms with Crippen LogP contribution in [-0.4, -0.2) is 27.7 Å². The largest absolute Gasteiger partial charge is 0.295 e. The molecule has 84 valence electrons. The zero-order valence-corrected chi connectivity index (χ0v) is 10.2. The number of hydrogen-bond donors (Lipinski definition) is 1. The van der Waals surface area contributed by atoms with Crippen molar-refractivity contribution < 1.29 is 0 Å². The molecule has 15 heavy (non-hydrogen) atoms. The van der Waals surface area contributed by atoms with E-state index in [1.54, 1.807) is 0 Å². The molecule has 0 atom stereocenters. The van der Waals surface area contributed by atoms with Gasteiger partial charge in [-0.25, -0.2) is 0 Å². The van der Waals surface area contributed by atoms with Crippen LogP contribution in [-0.2, 0) is 13.0 Å². The van der Waals surface area contributed by atoms with Gasteiger partial charge in [0, 0.05) is 19.1 Å². The Morgan fingerprint density at radius 3 is 2.60 bits per heavy atom. The monoisotopic (exact) mass is 207 g/mol. The van der Waals surface area contributed by atoms with E-state index in [2.05, 4.69) is 42.8 Å². The van der Waals surface area contributed by atoms with E-state index in [0.717, 1.165) is 13.0 Å². The van der Waals surface area contributed by atoms with Crippen molar-refractivity contribution in [2.75, 3.05) is 6.54 Å². The molecular weight excluding hydrogens is 186 g/mol. The van der Waals surface area contributed by atoms with Crippen LogP contribution in [0.5, 0.6) is 0 Å². The fraction of sp³-hybridized carbons (Fsp3) is 0.750. The second-order valence-corrected chi connectivity index (χ2v) is 5.03. The lowest BCUT2D eigenvalue weighted by molar-refractivity contribution is 0.200. The summed E-state index contributed by atoms with van der Waals surface area (Å²) in [7, 11) is 0. The molecule has 0 radical (unpaired) electrons. The van der Waals surface area contributed by atoms with Crippen molar-refractivity contribution in [3.63, 3.8) is 0 Å². The third kappa shape index (κ3) is 1.93. The SMILES string of the molecule is CC(C)c1n[nH]c2c1CCN(C(C)C)C2. The van der Waals surface area contributed by atoms with Gasteiger partial charge < -0.3 is 0 Å². The third-order valence-electron chi connectivity index (χ3n) is 3.27. The van der Waals surface area contributed by atoms with Crippen LogP contribution in [0.2, 0.25) is 0 Å². The molecule has 1 aliphatic heterocycles. The number of nitrogens with one attached hydrogen (secondary N) is 1. The molecule has 1 N–H and O–H groups in total. The molecule has 0 fully saturated rings. The maximum atomic E-state index is 4.44. The van der Waals surface area contributed by atoms with Crippen molar-refractivity contribution in [1.82, 2.24) is 15.1 Å². The molecule has 0 bridgehead atoms. The Morgan fingerprint density at radius 2 is 2.00 bits per heavy atom. The minimum atomic E-state index is 0.538. The zero-order valence-electron chi connectivity index (χ0n) is 10.2. The van der Waals surface area contributed by atoms with Crippen LogP contribution >= 0.6 is 0 Å². The molecule has 2 rings (SSSR count). The molecule has 1 aliphatic rings. The van der Waals surface area contributed by atoms with E-state index >= 15 is 0 Å². The van der Waals surface area contributed by atoms with Crippen molar-refractivity contribution in [3.05, 3.63) is 17.0 Å². The smallest absolute Gasteiger partial charge is 0.0683 e. The Hall–Kier alpha value is -0.830. The lowest BCUT2D eigenvalue weighted by Gasteiger charge is -2.30. The van der Waals surface area contributed by atoms with Crippen molar-refractivity contribution in [1.29, 1.82) is 0 Å². The van der Waals surface area contributed by atoms with Gasteiger partial charge in [0.1, 0.15) is 0 Å². The fourth-order valence-corrected chi connectivity index (χ4v) is 2.28. The molecule has 0 saturated heterocycles. The number of hydrogen-bond acceptors (Lipinski definition) is 2. The highest BCUT2D eigenvalue weighted by Gasteiger charge is 2.23. The summed E-state index contributed by atoms with van der Waals surface area (Å²) in [5, 5.41) is 7.64. The first-order chi connectivity index (χ1) is 7.09. The number of rotatable bonds is 2. The molecular formula is C12H21N3. The Bertz CT molecular complexity index is 339. The van der Waals surface area contributed by atoms with Gasteiger partial charge in [-0.3, -0.25) is 10.00 Å². The average Bonchev–Trinajstić information content (AvgIpc) is 2.59. The highest BCUT2D eigenvalue weighted by molar-refractivity contribution is 5.29. The summed E-state index contributed by atoms with van der Waals surface area (Å²) in [6.07, 6.45) is 1.15. The minimum absolute atomic E-state index is 0.538. The highest BCUT2D eigenvalue weighted by Crippen LogP contribution is 2.25. The van der Waals surface area contributed by atoms with Gasteiger partial charge in [-0.15, -0.1) is 0 Å². The van der Waals surface area contributed by atoms with Crippen molar-refractivity contribution in [3.8, 4) is 0 Å². The number of H-pyrrole nitrogens is 1. The summed E-state index contributed by atoms with van der Waals surface area (Å²) in [5.74, 6) is 0.538. The first kappa shape index (κ1) is 10.7. The Labute approximate surface area is 91.9 Å². The molecule has 3 nitrogen and oxygen atoms in total. The number of fused-ring (bicyclic) bond motifs is 1. The summed E-state index contributed by atoms with van der Waals surface area (Å²) in [4.78, 5) is 2.49. The van der Waals surface area contributed by atoms with E-state index in [4.69, 9.17) is 0 Å². The third-order valence-corrected chi connectivity index (χ3v) is 3.27. The molecule has 2 heterocycles. The lowest BCUT2D eigenvalue weighted by Crippen LogP contribution is -2.35. The zero-order chi connectivity index (χ0) is 11.0. The van der Waals surface area contributed by atoms with E-state index in [1.165, 1.54) is 23.5 Å². The summed E-state index contributed by atoms with van der Waals surface area (Å²) in [6, 6.07) is 0.629. The number of nitrogens with zero attached hydrogens (tertiary/aromatic N) is 2. The highest BCUT2D eigenvalue weighted by atomic mass is 15.2. The van der Waals surface area contributed by atoms with Crippen LogP contribution in [0.3, 0.4) is 0 Å². The summed E-state index contributed by atoms with van der Waals surface area (Å²) in [6.45, 7) is 11.1. The van der Waals surface area contributed by atoms with E-state index < -0.39 is 0 Å². The van der Waals surface area contributed by atoms with Crippen LogP contribution in [0, 0.1) is 0 Å². The van der Waals surface area contributed by atoms with Crippen molar-refractivity contribution in [2.24, 2.45) is 0 Å². The molecule has 1 aromatic heterocycles. The number of aromatic nitrogens is 2. The lowest BCUT2D eigenvalue weighted by atomic mass is 9.98. The van der Waals surface area contributed by atoms with Gasteiger partial charge in [0.15, 0.2) is 0 Å². The van der Waals surface area contributed by atoms with E-state index in [0.29, 0.717) is 12.0 Å². The molecule has 0 spiro atoms. The predicted molar refractivity (Wildman–Crippen MR) is 61.9 cm³/mol. The predicted octanol–water partition coefficient (Wildman–Crippen LogP) is 2.30. The van der Waals surface area contributed by atoms with E-state index in [9.17, 15) is 0 Å². The standard InChI is InChI=1S/C12H21N3/c1-8(2)12-10-5-6-15(9(3)4)7-11(10)13-14-12/h8-9H,5-7H2,1-4H3,(H,13,14). The Kier molecular flexibility index (Phi) is 2.83. The number of aromatic amines is 1. The fourth-order valence-electron chi connectivity index (χ4n) is 2.28.